The van der Waals surface area contributed by atoms with Gasteiger partial charge in [-0.1, -0.05) is 54.2 Å². The number of phenolic OH excluding ortho intramolecular Hbond substituents is 1. The maximum atomic E-state index is 12.7. The van der Waals surface area contributed by atoms with Crippen LogP contribution < -0.4 is 0 Å². The number of rotatable bonds is 7. The van der Waals surface area contributed by atoms with E-state index >= 15 is 0 Å². The Hall–Kier alpha value is -3.17. The quantitative estimate of drug-likeness (QED) is 0.569. The molecule has 0 aliphatic carbocycles. The van der Waals surface area contributed by atoms with Crippen LogP contribution in [-0.2, 0) is 4.79 Å². The van der Waals surface area contributed by atoms with Crippen LogP contribution in [0, 0.1) is 0 Å². The SMILES string of the molecule is O=C(CSc1nnnn1-c1ccc(O)cc1)N1CCN(C/C=C/c2ccccc2)CC1. The lowest BCUT2D eigenvalue weighted by Crippen LogP contribution is -2.49. The number of hydrogen-bond acceptors (Lipinski definition) is 7. The highest BCUT2D eigenvalue weighted by atomic mass is 32.2. The first-order valence-corrected chi connectivity index (χ1v) is 11.1. The smallest absolute Gasteiger partial charge is 0.233 e. The molecule has 1 aromatic heterocycles. The Morgan fingerprint density at radius 1 is 1.03 bits per heavy atom. The third-order valence-corrected chi connectivity index (χ3v) is 5.96. The Morgan fingerprint density at radius 3 is 2.52 bits per heavy atom. The van der Waals surface area contributed by atoms with E-state index < -0.39 is 0 Å². The Morgan fingerprint density at radius 2 is 1.77 bits per heavy atom. The van der Waals surface area contributed by atoms with E-state index in [0.29, 0.717) is 5.16 Å². The number of piperazine rings is 1. The van der Waals surface area contributed by atoms with Gasteiger partial charge in [0.05, 0.1) is 11.4 Å². The maximum absolute atomic E-state index is 12.7. The first kappa shape index (κ1) is 21.1. The molecule has 1 saturated heterocycles. The second-order valence-electron chi connectivity index (χ2n) is 7.17. The normalized spacial score (nSPS) is 14.9. The molecule has 2 aromatic carbocycles. The van der Waals surface area contributed by atoms with Gasteiger partial charge in [-0.2, -0.15) is 4.68 Å². The molecule has 31 heavy (non-hydrogen) atoms. The first-order valence-electron chi connectivity index (χ1n) is 10.1. The summed E-state index contributed by atoms with van der Waals surface area (Å²) in [6.07, 6.45) is 4.30. The lowest BCUT2D eigenvalue weighted by molar-refractivity contribution is -0.130. The van der Waals surface area contributed by atoms with Crippen LogP contribution >= 0.6 is 11.8 Å². The van der Waals surface area contributed by atoms with Crippen LogP contribution in [0.4, 0.5) is 0 Å². The second kappa shape index (κ2) is 10.2. The third-order valence-electron chi connectivity index (χ3n) is 5.06. The van der Waals surface area contributed by atoms with Crippen molar-refractivity contribution in [3.8, 4) is 11.4 Å². The number of phenols is 1. The van der Waals surface area contributed by atoms with Crippen molar-refractivity contribution < 1.29 is 9.90 Å². The number of aromatic hydroxyl groups is 1. The van der Waals surface area contributed by atoms with E-state index in [1.165, 1.54) is 17.3 Å². The van der Waals surface area contributed by atoms with Gasteiger partial charge in [0.25, 0.3) is 0 Å². The monoisotopic (exact) mass is 436 g/mol. The van der Waals surface area contributed by atoms with E-state index in [-0.39, 0.29) is 17.4 Å². The van der Waals surface area contributed by atoms with Crippen molar-refractivity contribution in [2.24, 2.45) is 0 Å². The molecule has 160 valence electrons. The van der Waals surface area contributed by atoms with Crippen LogP contribution in [0.2, 0.25) is 0 Å². The summed E-state index contributed by atoms with van der Waals surface area (Å²) < 4.78 is 1.56. The standard InChI is InChI=1S/C22H24N6O2S/c29-20-10-8-19(9-11-20)28-22(23-24-25-28)31-17-21(30)27-15-13-26(14-16-27)12-4-7-18-5-2-1-3-6-18/h1-11,29H,12-17H2/b7-4+. The molecule has 0 unspecified atom stereocenters. The number of carbonyl (C=O) groups is 1. The van der Waals surface area contributed by atoms with Crippen LogP contribution in [0.25, 0.3) is 11.8 Å². The van der Waals surface area contributed by atoms with Crippen LogP contribution in [0.1, 0.15) is 5.56 Å². The zero-order chi connectivity index (χ0) is 21.5. The van der Waals surface area contributed by atoms with Gasteiger partial charge < -0.3 is 10.0 Å². The van der Waals surface area contributed by atoms with Crippen LogP contribution in [0.15, 0.2) is 65.8 Å². The summed E-state index contributed by atoms with van der Waals surface area (Å²) in [7, 11) is 0. The first-order chi connectivity index (χ1) is 15.2. The van der Waals surface area contributed by atoms with Gasteiger partial charge in [0.15, 0.2) is 0 Å². The van der Waals surface area contributed by atoms with Crippen molar-refractivity contribution in [1.29, 1.82) is 0 Å². The largest absolute Gasteiger partial charge is 0.508 e. The molecule has 1 N–H and O–H groups in total. The predicted molar refractivity (Wildman–Crippen MR) is 120 cm³/mol. The number of hydrogen-bond donors (Lipinski definition) is 1. The summed E-state index contributed by atoms with van der Waals surface area (Å²) in [6.45, 7) is 4.05. The average Bonchev–Trinajstić information content (AvgIpc) is 3.28. The molecule has 1 fully saturated rings. The van der Waals surface area contributed by atoms with Gasteiger partial charge in [0.2, 0.25) is 11.1 Å². The highest BCUT2D eigenvalue weighted by Gasteiger charge is 2.21. The van der Waals surface area contributed by atoms with Gasteiger partial charge in [0, 0.05) is 32.7 Å². The summed E-state index contributed by atoms with van der Waals surface area (Å²) in [5, 5.41) is 21.7. The van der Waals surface area contributed by atoms with Crippen LogP contribution in [-0.4, -0.2) is 79.5 Å². The molecular formula is C22H24N6O2S. The van der Waals surface area contributed by atoms with Gasteiger partial charge in [-0.3, -0.25) is 9.69 Å². The van der Waals surface area contributed by atoms with E-state index in [2.05, 4.69) is 44.7 Å². The number of tetrazole rings is 1. The molecule has 0 saturated carbocycles. The van der Waals surface area contributed by atoms with Gasteiger partial charge >= 0.3 is 0 Å². The van der Waals surface area contributed by atoms with Crippen LogP contribution in [0.3, 0.4) is 0 Å². The Kier molecular flexibility index (Phi) is 6.96. The molecule has 3 aromatic rings. The zero-order valence-corrected chi connectivity index (χ0v) is 17.9. The molecule has 1 amide bonds. The summed E-state index contributed by atoms with van der Waals surface area (Å²) in [5.74, 6) is 0.549. The minimum atomic E-state index is 0.0877. The molecule has 1 aliphatic heterocycles. The van der Waals surface area contributed by atoms with E-state index in [0.717, 1.165) is 38.4 Å². The summed E-state index contributed by atoms with van der Waals surface area (Å²) in [5.41, 5.74) is 1.93. The summed E-state index contributed by atoms with van der Waals surface area (Å²) in [6, 6.07) is 16.9. The van der Waals surface area contributed by atoms with E-state index in [1.54, 1.807) is 28.9 Å². The van der Waals surface area contributed by atoms with Gasteiger partial charge in [0.1, 0.15) is 5.75 Å². The highest BCUT2D eigenvalue weighted by Crippen LogP contribution is 2.20. The maximum Gasteiger partial charge on any atom is 0.233 e. The third kappa shape index (κ3) is 5.71. The van der Waals surface area contributed by atoms with Crippen LogP contribution in [0.5, 0.6) is 5.75 Å². The molecule has 0 atom stereocenters. The lowest BCUT2D eigenvalue weighted by Gasteiger charge is -2.34. The van der Waals surface area contributed by atoms with Crippen molar-refractivity contribution in [1.82, 2.24) is 30.0 Å². The molecule has 2 heterocycles. The number of benzene rings is 2. The Balaban J connectivity index is 1.23. The van der Waals surface area contributed by atoms with Crippen molar-refractivity contribution in [3.63, 3.8) is 0 Å². The average molecular weight is 437 g/mol. The van der Waals surface area contributed by atoms with Crippen molar-refractivity contribution in [2.75, 3.05) is 38.5 Å². The molecule has 4 rings (SSSR count). The molecule has 1 aliphatic rings. The fourth-order valence-electron chi connectivity index (χ4n) is 3.32. The van der Waals surface area contributed by atoms with Crippen molar-refractivity contribution in [3.05, 3.63) is 66.2 Å². The zero-order valence-electron chi connectivity index (χ0n) is 17.0. The molecular weight excluding hydrogens is 412 g/mol. The number of amides is 1. The fourth-order valence-corrected chi connectivity index (χ4v) is 4.12. The van der Waals surface area contributed by atoms with E-state index in [1.807, 2.05) is 23.1 Å². The molecule has 8 nitrogen and oxygen atoms in total. The molecule has 0 bridgehead atoms. The second-order valence-corrected chi connectivity index (χ2v) is 8.12. The van der Waals surface area contributed by atoms with Crippen molar-refractivity contribution in [2.45, 2.75) is 5.16 Å². The minimum Gasteiger partial charge on any atom is -0.508 e. The fraction of sp³-hybridized carbons (Fsp3) is 0.273. The van der Waals surface area contributed by atoms with Gasteiger partial charge in [-0.05, 0) is 40.3 Å². The van der Waals surface area contributed by atoms with Gasteiger partial charge in [-0.15, -0.1) is 5.10 Å². The number of thioether (sulfide) groups is 1. The predicted octanol–water partition coefficient (Wildman–Crippen LogP) is 2.32. The number of nitrogens with zero attached hydrogens (tertiary/aromatic N) is 6. The van der Waals surface area contributed by atoms with Gasteiger partial charge in [-0.25, -0.2) is 0 Å². The topological polar surface area (TPSA) is 87.4 Å². The minimum absolute atomic E-state index is 0.0877. The van der Waals surface area contributed by atoms with Crippen molar-refractivity contribution >= 4 is 23.7 Å². The van der Waals surface area contributed by atoms with E-state index in [9.17, 15) is 9.90 Å². The molecule has 0 spiro atoms. The summed E-state index contributed by atoms with van der Waals surface area (Å²) in [4.78, 5) is 16.9. The Bertz CT molecular complexity index is 1010. The lowest BCUT2D eigenvalue weighted by atomic mass is 10.2. The highest BCUT2D eigenvalue weighted by molar-refractivity contribution is 7.99. The summed E-state index contributed by atoms with van der Waals surface area (Å²) >= 11 is 1.32. The Labute approximate surface area is 185 Å². The number of aromatic nitrogens is 4. The van der Waals surface area contributed by atoms with E-state index in [4.69, 9.17) is 0 Å². The molecule has 9 heteroatoms. The number of carbonyl (C=O) groups excluding carboxylic acids is 1. The molecule has 0 radical (unpaired) electrons.